The van der Waals surface area contributed by atoms with E-state index < -0.39 is 0 Å². The molecule has 1 unspecified atom stereocenters. The quantitative estimate of drug-likeness (QED) is 0.731. The topological polar surface area (TPSA) is 75.4 Å². The third-order valence-electron chi connectivity index (χ3n) is 2.89. The Bertz CT molecular complexity index is 271. The first-order valence-electron chi connectivity index (χ1n) is 5.88. The summed E-state index contributed by atoms with van der Waals surface area (Å²) in [6.07, 6.45) is 0.636. The van der Waals surface area contributed by atoms with Gasteiger partial charge < -0.3 is 16.0 Å². The van der Waals surface area contributed by atoms with E-state index in [4.69, 9.17) is 5.73 Å². The molecule has 5 nitrogen and oxygen atoms in total. The smallest absolute Gasteiger partial charge is 0.223 e. The summed E-state index contributed by atoms with van der Waals surface area (Å²) < 4.78 is 0. The Labute approximate surface area is 104 Å². The first kappa shape index (κ1) is 15.9. The van der Waals surface area contributed by atoms with Crippen molar-refractivity contribution < 1.29 is 9.59 Å². The molecule has 0 rings (SSSR count). The zero-order valence-electron chi connectivity index (χ0n) is 11.5. The number of carbonyl (C=O) groups is 2. The third kappa shape index (κ3) is 6.26. The Kier molecular flexibility index (Phi) is 6.16. The molecule has 0 aliphatic rings. The molecule has 5 heteroatoms. The highest BCUT2D eigenvalue weighted by molar-refractivity contribution is 5.79. The number of nitrogens with one attached hydrogen (secondary N) is 1. The third-order valence-corrected chi connectivity index (χ3v) is 2.89. The Morgan fingerprint density at radius 1 is 1.35 bits per heavy atom. The van der Waals surface area contributed by atoms with E-state index in [1.807, 2.05) is 20.8 Å². The van der Waals surface area contributed by atoms with Gasteiger partial charge in [0.05, 0.1) is 0 Å². The molecule has 0 fully saturated rings. The average molecular weight is 243 g/mol. The fourth-order valence-corrected chi connectivity index (χ4v) is 1.17. The molecule has 100 valence electrons. The van der Waals surface area contributed by atoms with Crippen LogP contribution in [0.2, 0.25) is 0 Å². The summed E-state index contributed by atoms with van der Waals surface area (Å²) in [6.45, 7) is 6.45. The molecule has 0 aliphatic heterocycles. The Morgan fingerprint density at radius 2 is 1.88 bits per heavy atom. The summed E-state index contributed by atoms with van der Waals surface area (Å²) in [4.78, 5) is 24.4. The van der Waals surface area contributed by atoms with Crippen molar-refractivity contribution in [3.8, 4) is 0 Å². The highest BCUT2D eigenvalue weighted by Crippen LogP contribution is 2.20. The number of amides is 2. The molecule has 3 N–H and O–H groups in total. The average Bonchev–Trinajstić information content (AvgIpc) is 2.23. The van der Waals surface area contributed by atoms with E-state index in [9.17, 15) is 9.59 Å². The Hall–Kier alpha value is -1.10. The second-order valence-electron chi connectivity index (χ2n) is 5.42. The van der Waals surface area contributed by atoms with Crippen molar-refractivity contribution in [3.05, 3.63) is 0 Å². The van der Waals surface area contributed by atoms with E-state index in [2.05, 4.69) is 5.32 Å². The van der Waals surface area contributed by atoms with E-state index in [1.54, 1.807) is 19.0 Å². The highest BCUT2D eigenvalue weighted by atomic mass is 16.2. The maximum atomic E-state index is 11.8. The number of carbonyl (C=O) groups excluding carboxylic acids is 2. The van der Waals surface area contributed by atoms with Crippen LogP contribution in [0.1, 0.15) is 33.6 Å². The Morgan fingerprint density at radius 3 is 2.29 bits per heavy atom. The van der Waals surface area contributed by atoms with Crippen LogP contribution in [0.5, 0.6) is 0 Å². The maximum Gasteiger partial charge on any atom is 0.223 e. The van der Waals surface area contributed by atoms with Gasteiger partial charge in [-0.1, -0.05) is 20.8 Å². The maximum absolute atomic E-state index is 11.8. The summed E-state index contributed by atoms with van der Waals surface area (Å²) in [6, 6.07) is -0.169. The summed E-state index contributed by atoms with van der Waals surface area (Å²) in [7, 11) is 3.28. The summed E-state index contributed by atoms with van der Waals surface area (Å²) in [5, 5.41) is 2.52. The molecule has 1 atom stereocenters. The van der Waals surface area contributed by atoms with Crippen molar-refractivity contribution >= 4 is 11.8 Å². The van der Waals surface area contributed by atoms with Crippen molar-refractivity contribution in [3.63, 3.8) is 0 Å². The van der Waals surface area contributed by atoms with Gasteiger partial charge in [-0.2, -0.15) is 0 Å². The van der Waals surface area contributed by atoms with Crippen LogP contribution in [-0.2, 0) is 9.59 Å². The molecule has 0 aliphatic carbocycles. The van der Waals surface area contributed by atoms with Gasteiger partial charge in [0.25, 0.3) is 0 Å². The molecular formula is C12H25N3O2. The molecule has 0 radical (unpaired) electrons. The van der Waals surface area contributed by atoms with Crippen LogP contribution >= 0.6 is 0 Å². The van der Waals surface area contributed by atoms with E-state index >= 15 is 0 Å². The van der Waals surface area contributed by atoms with E-state index in [0.29, 0.717) is 19.4 Å². The van der Waals surface area contributed by atoms with Gasteiger partial charge in [0.2, 0.25) is 11.8 Å². The minimum absolute atomic E-state index is 0.0173. The second kappa shape index (κ2) is 6.59. The number of rotatable bonds is 5. The molecule has 2 amide bonds. The second-order valence-corrected chi connectivity index (χ2v) is 5.42. The number of hydrogen-bond acceptors (Lipinski definition) is 3. The van der Waals surface area contributed by atoms with Crippen LogP contribution in [0.4, 0.5) is 0 Å². The number of nitrogens with zero attached hydrogens (tertiary/aromatic N) is 1. The zero-order chi connectivity index (χ0) is 13.6. The van der Waals surface area contributed by atoms with Crippen LogP contribution < -0.4 is 11.1 Å². The lowest BCUT2D eigenvalue weighted by Gasteiger charge is -2.28. The van der Waals surface area contributed by atoms with Crippen LogP contribution in [0.3, 0.4) is 0 Å². The lowest BCUT2D eigenvalue weighted by molar-refractivity contribution is -0.131. The molecule has 0 aromatic rings. The first-order chi connectivity index (χ1) is 7.68. The summed E-state index contributed by atoms with van der Waals surface area (Å²) >= 11 is 0. The van der Waals surface area contributed by atoms with E-state index in [-0.39, 0.29) is 23.3 Å². The molecule has 0 bridgehead atoms. The van der Waals surface area contributed by atoms with Gasteiger partial charge in [-0.15, -0.1) is 0 Å². The van der Waals surface area contributed by atoms with Crippen LogP contribution in [0, 0.1) is 5.41 Å². The number of hydrogen-bond donors (Lipinski definition) is 2. The Balaban J connectivity index is 4.10. The van der Waals surface area contributed by atoms with Crippen molar-refractivity contribution in [1.82, 2.24) is 10.2 Å². The molecule has 0 aromatic carbocycles. The van der Waals surface area contributed by atoms with Gasteiger partial charge >= 0.3 is 0 Å². The lowest BCUT2D eigenvalue weighted by Crippen LogP contribution is -2.41. The minimum Gasteiger partial charge on any atom is -0.359 e. The summed E-state index contributed by atoms with van der Waals surface area (Å²) in [5.74, 6) is -0.0823. The molecule has 0 heterocycles. The van der Waals surface area contributed by atoms with Crippen molar-refractivity contribution in [1.29, 1.82) is 0 Å². The van der Waals surface area contributed by atoms with Crippen molar-refractivity contribution in [2.45, 2.75) is 39.7 Å². The lowest BCUT2D eigenvalue weighted by atomic mass is 9.85. The minimum atomic E-state index is -0.169. The van der Waals surface area contributed by atoms with Crippen molar-refractivity contribution in [2.75, 3.05) is 20.6 Å². The van der Waals surface area contributed by atoms with Crippen LogP contribution in [0.25, 0.3) is 0 Å². The van der Waals surface area contributed by atoms with Gasteiger partial charge in [0, 0.05) is 39.5 Å². The first-order valence-corrected chi connectivity index (χ1v) is 5.88. The SMILES string of the molecule is CNC(=O)CCN(C)C(=O)CC(N)C(C)(C)C. The highest BCUT2D eigenvalue weighted by Gasteiger charge is 2.24. The molecule has 0 saturated heterocycles. The van der Waals surface area contributed by atoms with Crippen LogP contribution in [0.15, 0.2) is 0 Å². The van der Waals surface area contributed by atoms with Gasteiger partial charge in [-0.3, -0.25) is 9.59 Å². The molecular weight excluding hydrogens is 218 g/mol. The standard InChI is InChI=1S/C12H25N3O2/c1-12(2,3)9(13)8-11(17)15(5)7-6-10(16)14-4/h9H,6-8,13H2,1-5H3,(H,14,16). The largest absolute Gasteiger partial charge is 0.359 e. The zero-order valence-corrected chi connectivity index (χ0v) is 11.5. The molecule has 0 aromatic heterocycles. The molecule has 0 spiro atoms. The van der Waals surface area contributed by atoms with Gasteiger partial charge in [0.15, 0.2) is 0 Å². The molecule has 0 saturated carbocycles. The normalized spacial score (nSPS) is 13.1. The van der Waals surface area contributed by atoms with Gasteiger partial charge in [0.1, 0.15) is 0 Å². The van der Waals surface area contributed by atoms with Gasteiger partial charge in [-0.25, -0.2) is 0 Å². The van der Waals surface area contributed by atoms with E-state index in [1.165, 1.54) is 0 Å². The van der Waals surface area contributed by atoms with E-state index in [0.717, 1.165) is 0 Å². The monoisotopic (exact) mass is 243 g/mol. The summed E-state index contributed by atoms with van der Waals surface area (Å²) in [5.41, 5.74) is 5.86. The van der Waals surface area contributed by atoms with Gasteiger partial charge in [-0.05, 0) is 5.41 Å². The van der Waals surface area contributed by atoms with Crippen LogP contribution in [-0.4, -0.2) is 43.4 Å². The number of nitrogens with two attached hydrogens (primary N) is 1. The predicted molar refractivity (Wildman–Crippen MR) is 68.4 cm³/mol. The fourth-order valence-electron chi connectivity index (χ4n) is 1.17. The van der Waals surface area contributed by atoms with Crippen molar-refractivity contribution in [2.24, 2.45) is 11.1 Å². The predicted octanol–water partition coefficient (Wildman–Crippen LogP) is 0.344. The molecule has 17 heavy (non-hydrogen) atoms. The fraction of sp³-hybridized carbons (Fsp3) is 0.833.